The fourth-order valence-corrected chi connectivity index (χ4v) is 4.01. The summed E-state index contributed by atoms with van der Waals surface area (Å²) in [6.07, 6.45) is 2.33. The first kappa shape index (κ1) is 23.5. The molecule has 0 bridgehead atoms. The SMILES string of the molecule is C=CNC(=O)[C@H]1O[C@@H](n2cnc3c(NCc4cc(C)ccn4)nc(-c4cccnc4)nc32)[C@H](O)[C@@H]1O. The highest BCUT2D eigenvalue weighted by Gasteiger charge is 2.47. The number of nitrogens with zero attached hydrogens (tertiary/aromatic N) is 6. The van der Waals surface area contributed by atoms with Crippen molar-refractivity contribution in [1.82, 2.24) is 34.8 Å². The summed E-state index contributed by atoms with van der Waals surface area (Å²) in [5, 5.41) is 26.8. The molecule has 4 atom stereocenters. The van der Waals surface area contributed by atoms with E-state index in [2.05, 4.69) is 42.1 Å². The first-order valence-corrected chi connectivity index (χ1v) is 11.2. The molecule has 0 radical (unpaired) electrons. The maximum Gasteiger partial charge on any atom is 0.255 e. The summed E-state index contributed by atoms with van der Waals surface area (Å²) in [4.78, 5) is 34.5. The summed E-state index contributed by atoms with van der Waals surface area (Å²) in [7, 11) is 0. The lowest BCUT2D eigenvalue weighted by Crippen LogP contribution is -2.40. The first-order chi connectivity index (χ1) is 17.5. The Morgan fingerprint density at radius 2 is 2.08 bits per heavy atom. The number of carbonyl (C=O) groups is 1. The van der Waals surface area contributed by atoms with E-state index in [0.717, 1.165) is 11.3 Å². The smallest absolute Gasteiger partial charge is 0.255 e. The molecule has 1 aliphatic rings. The van der Waals surface area contributed by atoms with Crippen molar-refractivity contribution in [3.05, 3.63) is 73.2 Å². The molecule has 0 aromatic carbocycles. The van der Waals surface area contributed by atoms with E-state index < -0.39 is 30.4 Å². The highest BCUT2D eigenvalue weighted by molar-refractivity contribution is 5.85. The summed E-state index contributed by atoms with van der Waals surface area (Å²) >= 11 is 0. The van der Waals surface area contributed by atoms with Crippen LogP contribution in [0.15, 0.2) is 62.0 Å². The molecule has 36 heavy (non-hydrogen) atoms. The minimum atomic E-state index is -1.46. The van der Waals surface area contributed by atoms with Gasteiger partial charge in [-0.05, 0) is 43.0 Å². The third kappa shape index (κ3) is 4.40. The maximum absolute atomic E-state index is 12.3. The molecule has 4 aromatic rings. The monoisotopic (exact) mass is 488 g/mol. The lowest BCUT2D eigenvalue weighted by atomic mass is 10.1. The maximum atomic E-state index is 12.3. The van der Waals surface area contributed by atoms with E-state index in [9.17, 15) is 15.0 Å². The number of hydrogen-bond acceptors (Lipinski definition) is 10. The molecule has 184 valence electrons. The lowest BCUT2D eigenvalue weighted by Gasteiger charge is -2.17. The Balaban J connectivity index is 1.55. The van der Waals surface area contributed by atoms with Gasteiger partial charge in [0.25, 0.3) is 5.91 Å². The van der Waals surface area contributed by atoms with Gasteiger partial charge in [-0.2, -0.15) is 0 Å². The number of aryl methyl sites for hydroxylation is 1. The van der Waals surface area contributed by atoms with E-state index in [1.807, 2.05) is 25.1 Å². The number of aliphatic hydroxyl groups excluding tert-OH is 2. The molecule has 5 heterocycles. The molecule has 1 saturated heterocycles. The van der Waals surface area contributed by atoms with Crippen LogP contribution in [0.4, 0.5) is 5.82 Å². The topological polar surface area (TPSA) is 160 Å². The largest absolute Gasteiger partial charge is 0.387 e. The molecular formula is C24H24N8O4. The average molecular weight is 489 g/mol. The second-order valence-electron chi connectivity index (χ2n) is 8.28. The van der Waals surface area contributed by atoms with E-state index in [-0.39, 0.29) is 0 Å². The number of carbonyl (C=O) groups excluding carboxylic acids is 1. The number of ether oxygens (including phenoxy) is 1. The summed E-state index contributed by atoms with van der Waals surface area (Å²) in [6.45, 7) is 5.81. The Kier molecular flexibility index (Phi) is 6.38. The summed E-state index contributed by atoms with van der Waals surface area (Å²) in [5.74, 6) is 0.183. The van der Waals surface area contributed by atoms with Gasteiger partial charge in [-0.3, -0.25) is 19.3 Å². The number of hydrogen-bond donors (Lipinski definition) is 4. The fraction of sp³-hybridized carbons (Fsp3) is 0.250. The Hall–Kier alpha value is -4.26. The van der Waals surface area contributed by atoms with Crippen molar-refractivity contribution >= 4 is 22.9 Å². The van der Waals surface area contributed by atoms with Gasteiger partial charge in [-0.1, -0.05) is 6.58 Å². The highest BCUT2D eigenvalue weighted by Crippen LogP contribution is 2.33. The van der Waals surface area contributed by atoms with Crippen LogP contribution in [-0.4, -0.2) is 63.9 Å². The molecule has 4 N–H and O–H groups in total. The summed E-state index contributed by atoms with van der Waals surface area (Å²) in [6, 6.07) is 7.47. The second kappa shape index (κ2) is 9.77. The minimum absolute atomic E-state index is 0.338. The normalized spacial score (nSPS) is 21.4. The van der Waals surface area contributed by atoms with E-state index >= 15 is 0 Å². The molecule has 5 rings (SSSR count). The number of anilines is 1. The third-order valence-electron chi connectivity index (χ3n) is 5.77. The highest BCUT2D eigenvalue weighted by atomic mass is 16.6. The van der Waals surface area contributed by atoms with Crippen LogP contribution < -0.4 is 10.6 Å². The molecule has 0 spiro atoms. The molecule has 12 heteroatoms. The van der Waals surface area contributed by atoms with E-state index in [4.69, 9.17) is 4.74 Å². The van der Waals surface area contributed by atoms with Crippen molar-refractivity contribution in [3.63, 3.8) is 0 Å². The van der Waals surface area contributed by atoms with Gasteiger partial charge in [0.1, 0.15) is 12.2 Å². The van der Waals surface area contributed by atoms with Crippen molar-refractivity contribution in [2.45, 2.75) is 38.0 Å². The number of aromatic nitrogens is 6. The van der Waals surface area contributed by atoms with E-state index in [0.29, 0.717) is 34.9 Å². The second-order valence-corrected chi connectivity index (χ2v) is 8.28. The van der Waals surface area contributed by atoms with Crippen LogP contribution in [0.25, 0.3) is 22.6 Å². The Morgan fingerprint density at radius 1 is 1.22 bits per heavy atom. The number of fused-ring (bicyclic) bond motifs is 1. The lowest BCUT2D eigenvalue weighted by molar-refractivity contribution is -0.136. The van der Waals surface area contributed by atoms with Crippen molar-refractivity contribution in [1.29, 1.82) is 0 Å². The number of aliphatic hydroxyl groups is 2. The van der Waals surface area contributed by atoms with E-state index in [1.165, 1.54) is 17.1 Å². The Bertz CT molecular complexity index is 1410. The van der Waals surface area contributed by atoms with Crippen molar-refractivity contribution in [2.75, 3.05) is 5.32 Å². The van der Waals surface area contributed by atoms with Gasteiger partial charge in [0.05, 0.1) is 18.6 Å². The summed E-state index contributed by atoms with van der Waals surface area (Å²) in [5.41, 5.74) is 3.32. The van der Waals surface area contributed by atoms with Crippen LogP contribution in [0.5, 0.6) is 0 Å². The zero-order valence-electron chi connectivity index (χ0n) is 19.3. The predicted octanol–water partition coefficient (Wildman–Crippen LogP) is 1.08. The molecule has 1 amide bonds. The van der Waals surface area contributed by atoms with Crippen LogP contribution in [0.1, 0.15) is 17.5 Å². The standard InChI is InChI=1S/C24H24N8O4/c1-3-26-23(35)19-17(33)18(34)24(36-19)32-12-29-16-21(28-11-15-9-13(2)6-8-27-15)30-20(31-22(16)32)14-5-4-7-25-10-14/h3-10,12,17-19,24,33-34H,1,11H2,2H3,(H,26,35)(H,28,30,31)/t17-,18+,19-,24+/m0/s1. The molecular weight excluding hydrogens is 464 g/mol. The molecule has 1 fully saturated rings. The average Bonchev–Trinajstić information content (AvgIpc) is 3.44. The number of imidazole rings is 1. The molecule has 0 saturated carbocycles. The van der Waals surface area contributed by atoms with E-state index in [1.54, 1.807) is 24.7 Å². The fourth-order valence-electron chi connectivity index (χ4n) is 4.01. The molecule has 0 unspecified atom stereocenters. The van der Waals surface area contributed by atoms with Gasteiger partial charge in [0.15, 0.2) is 35.1 Å². The quantitative estimate of drug-likeness (QED) is 0.296. The van der Waals surface area contributed by atoms with Gasteiger partial charge in [-0.25, -0.2) is 15.0 Å². The van der Waals surface area contributed by atoms with Crippen molar-refractivity contribution in [2.24, 2.45) is 0 Å². The number of amides is 1. The van der Waals surface area contributed by atoms with Crippen LogP contribution in [-0.2, 0) is 16.1 Å². The molecule has 1 aliphatic heterocycles. The Morgan fingerprint density at radius 3 is 2.83 bits per heavy atom. The van der Waals surface area contributed by atoms with Gasteiger partial charge >= 0.3 is 0 Å². The van der Waals surface area contributed by atoms with Crippen LogP contribution in [0, 0.1) is 6.92 Å². The first-order valence-electron chi connectivity index (χ1n) is 11.2. The van der Waals surface area contributed by atoms with Gasteiger partial charge < -0.3 is 25.6 Å². The van der Waals surface area contributed by atoms with Crippen LogP contribution >= 0.6 is 0 Å². The molecule has 4 aromatic heterocycles. The molecule has 12 nitrogen and oxygen atoms in total. The third-order valence-corrected chi connectivity index (χ3v) is 5.77. The van der Waals surface area contributed by atoms with Crippen molar-refractivity contribution in [3.8, 4) is 11.4 Å². The van der Waals surface area contributed by atoms with Gasteiger partial charge in [-0.15, -0.1) is 0 Å². The Labute approximate surface area is 205 Å². The molecule has 0 aliphatic carbocycles. The van der Waals surface area contributed by atoms with Gasteiger partial charge in [0, 0.05) is 24.2 Å². The zero-order chi connectivity index (χ0) is 25.2. The van der Waals surface area contributed by atoms with Crippen molar-refractivity contribution < 1.29 is 19.7 Å². The minimum Gasteiger partial charge on any atom is -0.387 e. The number of nitrogens with one attached hydrogen (secondary N) is 2. The zero-order valence-corrected chi connectivity index (χ0v) is 19.3. The number of pyridine rings is 2. The van der Waals surface area contributed by atoms with Crippen LogP contribution in [0.2, 0.25) is 0 Å². The predicted molar refractivity (Wildman–Crippen MR) is 129 cm³/mol. The number of rotatable bonds is 7. The van der Waals surface area contributed by atoms with Gasteiger partial charge in [0.2, 0.25) is 0 Å². The van der Waals surface area contributed by atoms with Crippen LogP contribution in [0.3, 0.4) is 0 Å². The summed E-state index contributed by atoms with van der Waals surface area (Å²) < 4.78 is 7.21.